The molecule has 0 spiro atoms. The number of halogens is 1. The van der Waals surface area contributed by atoms with Gasteiger partial charge in [-0.1, -0.05) is 55.8 Å². The Morgan fingerprint density at radius 3 is 2.62 bits per heavy atom. The normalized spacial score (nSPS) is 17.3. The molecule has 1 aromatic carbocycles. The zero-order valence-corrected chi connectivity index (χ0v) is 25.8. The van der Waals surface area contributed by atoms with Gasteiger partial charge < -0.3 is 10.6 Å². The highest BCUT2D eigenvalue weighted by atomic mass is 79.9. The van der Waals surface area contributed by atoms with Gasteiger partial charge in [0, 0.05) is 30.0 Å². The van der Waals surface area contributed by atoms with Crippen LogP contribution >= 0.6 is 15.9 Å². The van der Waals surface area contributed by atoms with E-state index in [4.69, 9.17) is 0 Å². The molecule has 3 atom stereocenters. The average molecular weight is 617 g/mol. The molecular formula is C29H42BrN7O3. The van der Waals surface area contributed by atoms with E-state index in [0.29, 0.717) is 31.7 Å². The molecule has 0 unspecified atom stereocenters. The second-order valence-corrected chi connectivity index (χ2v) is 12.3. The number of hydrazine groups is 2. The highest BCUT2D eigenvalue weighted by Crippen LogP contribution is 2.21. The first-order chi connectivity index (χ1) is 18.8. The topological polar surface area (TPSA) is 119 Å². The zero-order valence-electron chi connectivity index (χ0n) is 24.3. The molecule has 40 heavy (non-hydrogen) atoms. The van der Waals surface area contributed by atoms with Crippen LogP contribution in [-0.2, 0) is 14.4 Å². The van der Waals surface area contributed by atoms with Gasteiger partial charge in [0.05, 0.1) is 11.6 Å². The monoisotopic (exact) mass is 615 g/mol. The highest BCUT2D eigenvalue weighted by Gasteiger charge is 2.33. The van der Waals surface area contributed by atoms with Crippen molar-refractivity contribution in [2.75, 3.05) is 25.1 Å². The van der Waals surface area contributed by atoms with E-state index in [1.165, 1.54) is 5.01 Å². The molecule has 218 valence electrons. The SMILES string of the molecule is C=CC(C)(C)CN[C@H](C(=O)N[C@@H](C)C(=O)N1CCC[C@@H](C(=O)NN(C)c2ccc3ccc(Br)cc3n2)N1)C(C)C. The lowest BCUT2D eigenvalue weighted by Gasteiger charge is -2.36. The van der Waals surface area contributed by atoms with E-state index in [2.05, 4.69) is 49.0 Å². The van der Waals surface area contributed by atoms with Gasteiger partial charge in [0.1, 0.15) is 17.9 Å². The van der Waals surface area contributed by atoms with Crippen LogP contribution in [0.4, 0.5) is 5.82 Å². The minimum atomic E-state index is -0.763. The number of anilines is 1. The number of pyridine rings is 1. The Bertz CT molecular complexity index is 1240. The second kappa shape index (κ2) is 13.6. The molecule has 1 aliphatic rings. The number of benzene rings is 1. The summed E-state index contributed by atoms with van der Waals surface area (Å²) >= 11 is 3.46. The quantitative estimate of drug-likeness (QED) is 0.226. The predicted octanol–water partition coefficient (Wildman–Crippen LogP) is 3.29. The lowest BCUT2D eigenvalue weighted by atomic mass is 9.92. The van der Waals surface area contributed by atoms with Crippen LogP contribution in [0.2, 0.25) is 0 Å². The third kappa shape index (κ3) is 8.25. The Hall–Kier alpha value is -3.02. The number of rotatable bonds is 11. The third-order valence-corrected chi connectivity index (χ3v) is 7.53. The molecule has 1 aliphatic heterocycles. The van der Waals surface area contributed by atoms with Gasteiger partial charge in [0.25, 0.3) is 11.8 Å². The molecule has 10 nitrogen and oxygen atoms in total. The number of nitrogens with zero attached hydrogens (tertiary/aromatic N) is 3. The smallest absolute Gasteiger partial charge is 0.258 e. The van der Waals surface area contributed by atoms with Gasteiger partial charge in [0.2, 0.25) is 5.91 Å². The molecule has 0 saturated carbocycles. The second-order valence-electron chi connectivity index (χ2n) is 11.4. The first-order valence-corrected chi connectivity index (χ1v) is 14.5. The summed E-state index contributed by atoms with van der Waals surface area (Å²) in [5, 5.41) is 10.2. The maximum atomic E-state index is 13.2. The standard InChI is InChI=1S/C29H42BrN7O3/c1-8-29(5,6)17-31-25(18(2)3)27(39)32-19(4)28(40)37-15-9-10-22(34-37)26(38)35-36(7)24-14-12-20-11-13-21(30)16-23(20)33-24/h8,11-14,16,18-19,22,25,31,34H,1,9-10,15,17H2,2-7H3,(H,32,39)(H,35,38)/t19-,22-,25-/m0/s1. The van der Waals surface area contributed by atoms with Crippen molar-refractivity contribution in [3.05, 3.63) is 47.5 Å². The first-order valence-electron chi connectivity index (χ1n) is 13.7. The average Bonchev–Trinajstić information content (AvgIpc) is 2.91. The largest absolute Gasteiger partial charge is 0.343 e. The van der Waals surface area contributed by atoms with Gasteiger partial charge in [-0.25, -0.2) is 10.4 Å². The van der Waals surface area contributed by atoms with Gasteiger partial charge in [-0.15, -0.1) is 6.58 Å². The zero-order chi connectivity index (χ0) is 29.6. The Kier molecular flexibility index (Phi) is 10.7. The van der Waals surface area contributed by atoms with Crippen LogP contribution in [0, 0.1) is 11.3 Å². The Morgan fingerprint density at radius 2 is 1.95 bits per heavy atom. The number of amides is 3. The van der Waals surface area contributed by atoms with Gasteiger partial charge in [-0.3, -0.25) is 29.8 Å². The third-order valence-electron chi connectivity index (χ3n) is 7.04. The molecule has 0 bridgehead atoms. The van der Waals surface area contributed by atoms with Crippen LogP contribution in [0.15, 0.2) is 47.5 Å². The van der Waals surface area contributed by atoms with Crippen molar-refractivity contribution >= 4 is 50.4 Å². The number of fused-ring (bicyclic) bond motifs is 1. The molecule has 1 fully saturated rings. The summed E-state index contributed by atoms with van der Waals surface area (Å²) in [5.74, 6) is -0.196. The van der Waals surface area contributed by atoms with E-state index in [1.54, 1.807) is 19.0 Å². The molecule has 1 aromatic heterocycles. The van der Waals surface area contributed by atoms with Gasteiger partial charge >= 0.3 is 0 Å². The number of carbonyl (C=O) groups excluding carboxylic acids is 3. The fourth-order valence-electron chi connectivity index (χ4n) is 4.38. The summed E-state index contributed by atoms with van der Waals surface area (Å²) < 4.78 is 0.922. The highest BCUT2D eigenvalue weighted by molar-refractivity contribution is 9.10. The van der Waals surface area contributed by atoms with Crippen molar-refractivity contribution in [1.29, 1.82) is 0 Å². The summed E-state index contributed by atoms with van der Waals surface area (Å²) in [6, 6.07) is 7.80. The number of carbonyl (C=O) groups is 3. The molecule has 0 aliphatic carbocycles. The molecule has 1 saturated heterocycles. The van der Waals surface area contributed by atoms with Crippen molar-refractivity contribution in [3.63, 3.8) is 0 Å². The van der Waals surface area contributed by atoms with E-state index in [1.807, 2.05) is 64.1 Å². The van der Waals surface area contributed by atoms with Crippen LogP contribution in [-0.4, -0.2) is 66.0 Å². The van der Waals surface area contributed by atoms with Crippen LogP contribution in [0.1, 0.15) is 47.5 Å². The molecule has 2 heterocycles. The van der Waals surface area contributed by atoms with Gasteiger partial charge in [-0.05, 0) is 55.4 Å². The van der Waals surface area contributed by atoms with Crippen LogP contribution in [0.25, 0.3) is 10.9 Å². The molecule has 0 radical (unpaired) electrons. The van der Waals surface area contributed by atoms with Crippen LogP contribution in [0.3, 0.4) is 0 Å². The van der Waals surface area contributed by atoms with Crippen molar-refractivity contribution in [2.24, 2.45) is 11.3 Å². The van der Waals surface area contributed by atoms with E-state index < -0.39 is 18.1 Å². The molecule has 2 aromatic rings. The Morgan fingerprint density at radius 1 is 1.25 bits per heavy atom. The minimum Gasteiger partial charge on any atom is -0.343 e. The van der Waals surface area contributed by atoms with Gasteiger partial charge in [0.15, 0.2) is 0 Å². The van der Waals surface area contributed by atoms with Crippen molar-refractivity contribution in [2.45, 2.75) is 65.6 Å². The fourth-order valence-corrected chi connectivity index (χ4v) is 4.73. The van der Waals surface area contributed by atoms with Crippen LogP contribution in [0.5, 0.6) is 0 Å². The first kappa shape index (κ1) is 31.5. The number of nitrogens with one attached hydrogen (secondary N) is 4. The number of hydrogen-bond acceptors (Lipinski definition) is 7. The van der Waals surface area contributed by atoms with Crippen molar-refractivity contribution in [3.8, 4) is 0 Å². The van der Waals surface area contributed by atoms with Gasteiger partial charge in [-0.2, -0.15) is 0 Å². The van der Waals surface area contributed by atoms with Crippen molar-refractivity contribution in [1.82, 2.24) is 31.5 Å². The summed E-state index contributed by atoms with van der Waals surface area (Å²) in [5.41, 5.74) is 6.54. The van der Waals surface area contributed by atoms with E-state index in [9.17, 15) is 14.4 Å². The number of aromatic nitrogens is 1. The molecular weight excluding hydrogens is 574 g/mol. The van der Waals surface area contributed by atoms with E-state index in [0.717, 1.165) is 15.4 Å². The Labute approximate surface area is 245 Å². The maximum Gasteiger partial charge on any atom is 0.258 e. The predicted molar refractivity (Wildman–Crippen MR) is 162 cm³/mol. The summed E-state index contributed by atoms with van der Waals surface area (Å²) in [4.78, 5) is 44.0. The molecule has 4 N–H and O–H groups in total. The summed E-state index contributed by atoms with van der Waals surface area (Å²) in [6.45, 7) is 14.5. The van der Waals surface area contributed by atoms with Crippen molar-refractivity contribution < 1.29 is 14.4 Å². The minimum absolute atomic E-state index is 0.0275. The lowest BCUT2D eigenvalue weighted by molar-refractivity contribution is -0.143. The maximum absolute atomic E-state index is 13.2. The molecule has 11 heteroatoms. The Balaban J connectivity index is 1.57. The lowest BCUT2D eigenvalue weighted by Crippen LogP contribution is -2.62. The fraction of sp³-hybridized carbons (Fsp3) is 0.517. The van der Waals surface area contributed by atoms with E-state index in [-0.39, 0.29) is 29.1 Å². The molecule has 3 amide bonds. The summed E-state index contributed by atoms with van der Waals surface area (Å²) in [6.07, 6.45) is 3.07. The molecule has 3 rings (SSSR count). The van der Waals surface area contributed by atoms with Crippen LogP contribution < -0.4 is 26.5 Å². The number of hydrogen-bond donors (Lipinski definition) is 4. The van der Waals surface area contributed by atoms with E-state index >= 15 is 0 Å². The summed E-state index contributed by atoms with van der Waals surface area (Å²) in [7, 11) is 1.72.